The average molecular weight is 1920 g/mol. The first kappa shape index (κ1) is 117. The van der Waals surface area contributed by atoms with Gasteiger partial charge in [-0.1, -0.05) is 220 Å². The van der Waals surface area contributed by atoms with Crippen molar-refractivity contribution in [3.63, 3.8) is 0 Å². The average Bonchev–Trinajstić information content (AvgIpc) is 1.66. The van der Waals surface area contributed by atoms with Crippen LogP contribution in [0.2, 0.25) is 0 Å². The van der Waals surface area contributed by atoms with E-state index in [2.05, 4.69) is 65.8 Å². The number of fused-ring (bicyclic) bond motifs is 10. The molecule has 772 valence electrons. The first-order chi connectivity index (χ1) is 64.7. The lowest BCUT2D eigenvalue weighted by Crippen LogP contribution is -2.54. The van der Waals surface area contributed by atoms with Crippen molar-refractivity contribution in [2.24, 2.45) is 92.7 Å². The summed E-state index contributed by atoms with van der Waals surface area (Å²) >= 11 is 5.46. The van der Waals surface area contributed by atoms with Crippen LogP contribution in [0.15, 0.2) is 24.3 Å². The van der Waals surface area contributed by atoms with Crippen LogP contribution >= 0.6 is 11.6 Å². The third-order valence-corrected chi connectivity index (χ3v) is 32.8. The first-order valence-electron chi connectivity index (χ1n) is 53.6. The molecule has 2 unspecified atom stereocenters. The van der Waals surface area contributed by atoms with Crippen molar-refractivity contribution in [2.75, 3.05) is 39.3 Å². The van der Waals surface area contributed by atoms with E-state index in [1.54, 1.807) is 13.8 Å². The summed E-state index contributed by atoms with van der Waals surface area (Å²) in [7, 11) is 0. The van der Waals surface area contributed by atoms with Gasteiger partial charge in [0.15, 0.2) is 18.3 Å². The lowest BCUT2D eigenvalue weighted by Gasteiger charge is -2.61. The molecule has 0 aromatic carbocycles. The minimum atomic E-state index is -0.903. The van der Waals surface area contributed by atoms with Crippen LogP contribution in [0.3, 0.4) is 0 Å². The van der Waals surface area contributed by atoms with Gasteiger partial charge in [-0.15, -0.1) is 0 Å². The molecule has 8 aliphatic carbocycles. The number of carboxylic acids is 1. The lowest BCUT2D eigenvalue weighted by molar-refractivity contribution is -0.167. The Morgan fingerprint density at radius 2 is 0.696 bits per heavy atom. The number of carbonyl (C=O) groups is 12. The van der Waals surface area contributed by atoms with Gasteiger partial charge in [-0.2, -0.15) is 0 Å². The Bertz CT molecular complexity index is 3520. The molecular weight excluding hydrogens is 1740 g/mol. The van der Waals surface area contributed by atoms with Crippen LogP contribution in [-0.2, 0) is 100 Å². The second-order valence-corrected chi connectivity index (χ2v) is 43.0. The molecule has 0 radical (unpaired) electrons. The van der Waals surface area contributed by atoms with E-state index in [1.165, 1.54) is 155 Å². The molecule has 0 aliphatic heterocycles. The van der Waals surface area contributed by atoms with E-state index in [0.717, 1.165) is 153 Å². The van der Waals surface area contributed by atoms with E-state index in [1.807, 2.05) is 13.8 Å². The topological polar surface area (TPSA) is 327 Å². The SMILES string of the molecule is CC(=O)OCC(COC(C)=O)OC(=O)CCCCC(C)CC(=O)O.CC(=O)[C@H]1CC[C@H]2[C@@H]3CC[C@H]4C[C@H](OC(=O)OCCl)CC[C@]4(C)[C@H]3CC[C@]12C.CCCCCCCC/C=C\CCCCCCCC(=O)OCC(COC(=O)CCCCCCC/C=C\CCCCCCCC)OC(=O)CCCCC(C)CC(=O)OCOC(=O)O[C@@H]1CC[C@@]2(C)[C@@H](CC[C@@H]3[C@@H]2CC[C@]2(C)[C@@H](C(C)=O)CC[C@@H]32)C1. The van der Waals surface area contributed by atoms with Crippen molar-refractivity contribution in [3.8, 4) is 0 Å². The monoisotopic (exact) mass is 1920 g/mol. The summed E-state index contributed by atoms with van der Waals surface area (Å²) in [5.74, 6) is 2.56. The quantitative estimate of drug-likeness (QED) is 0.0148. The van der Waals surface area contributed by atoms with Crippen LogP contribution in [0.4, 0.5) is 9.59 Å². The third-order valence-electron chi connectivity index (χ3n) is 32.7. The highest BCUT2D eigenvalue weighted by atomic mass is 35.5. The van der Waals surface area contributed by atoms with E-state index in [-0.39, 0.29) is 135 Å². The first-order valence-corrected chi connectivity index (χ1v) is 54.1. The van der Waals surface area contributed by atoms with Gasteiger partial charge in [0.25, 0.3) is 0 Å². The molecule has 18 atom stereocenters. The number of hydrogen-bond acceptors (Lipinski definition) is 23. The fraction of sp³-hybridized carbons (Fsp3) is 0.855. The number of ketones is 2. The molecule has 0 amide bonds. The molecule has 0 aromatic rings. The molecule has 135 heavy (non-hydrogen) atoms. The van der Waals surface area contributed by atoms with Crippen LogP contribution in [0.1, 0.15) is 443 Å². The highest BCUT2D eigenvalue weighted by Crippen LogP contribution is 2.70. The van der Waals surface area contributed by atoms with Gasteiger partial charge in [-0.3, -0.25) is 47.9 Å². The summed E-state index contributed by atoms with van der Waals surface area (Å²) in [6.07, 6.45) is 61.0. The zero-order valence-corrected chi connectivity index (χ0v) is 86.4. The van der Waals surface area contributed by atoms with Gasteiger partial charge >= 0.3 is 60.1 Å². The summed E-state index contributed by atoms with van der Waals surface area (Å²) in [5.41, 5.74) is 0.919. The van der Waals surface area contributed by atoms with Crippen molar-refractivity contribution in [3.05, 3.63) is 24.3 Å². The van der Waals surface area contributed by atoms with Crippen molar-refractivity contribution in [2.45, 2.75) is 467 Å². The normalized spacial score (nSPS) is 26.8. The number of Topliss-reactive ketones (excluding diaryl/α,β-unsaturated/α-hetero) is 2. The molecule has 8 saturated carbocycles. The lowest BCUT2D eigenvalue weighted by atomic mass is 9.44. The summed E-state index contributed by atoms with van der Waals surface area (Å²) in [6.45, 7) is 22.9. The molecule has 1 N–H and O–H groups in total. The van der Waals surface area contributed by atoms with Gasteiger partial charge in [0.1, 0.15) is 50.2 Å². The maximum absolute atomic E-state index is 13.1. The second-order valence-electron chi connectivity index (χ2n) is 42.8. The number of rotatable bonds is 61. The van der Waals surface area contributed by atoms with Crippen molar-refractivity contribution in [1.29, 1.82) is 0 Å². The Morgan fingerprint density at radius 1 is 0.356 bits per heavy atom. The molecule has 25 heteroatoms. The number of carbonyl (C=O) groups excluding carboxylic acids is 11. The number of aliphatic carboxylic acids is 1. The third kappa shape index (κ3) is 42.0. The molecular formula is C110H181ClO24. The summed E-state index contributed by atoms with van der Waals surface area (Å²) in [5, 5.41) is 8.66. The van der Waals surface area contributed by atoms with Crippen LogP contribution in [0, 0.1) is 92.7 Å². The van der Waals surface area contributed by atoms with Crippen LogP contribution in [0.25, 0.3) is 0 Å². The Kier molecular flexibility index (Phi) is 55.5. The van der Waals surface area contributed by atoms with E-state index < -0.39 is 67.1 Å². The largest absolute Gasteiger partial charge is 0.511 e. The molecule has 8 fully saturated rings. The van der Waals surface area contributed by atoms with Gasteiger partial charge in [0.2, 0.25) is 6.79 Å². The molecule has 0 aromatic heterocycles. The van der Waals surface area contributed by atoms with Crippen molar-refractivity contribution < 1.29 is 115 Å². The molecule has 8 rings (SSSR count). The predicted molar refractivity (Wildman–Crippen MR) is 522 cm³/mol. The number of carboxylic acid groups (broad SMARTS) is 1. The van der Waals surface area contributed by atoms with Gasteiger partial charge in [0, 0.05) is 64.2 Å². The van der Waals surface area contributed by atoms with Crippen LogP contribution < -0.4 is 0 Å². The highest BCUT2D eigenvalue weighted by molar-refractivity contribution is 6.17. The number of ether oxygens (including phenoxy) is 11. The molecule has 0 heterocycles. The van der Waals surface area contributed by atoms with E-state index >= 15 is 0 Å². The Hall–Kier alpha value is -6.59. The van der Waals surface area contributed by atoms with Gasteiger partial charge in [0.05, 0.1) is 0 Å². The molecule has 24 nitrogen and oxygen atoms in total. The van der Waals surface area contributed by atoms with E-state index in [4.69, 9.17) is 68.8 Å². The zero-order chi connectivity index (χ0) is 98.6. The number of halogens is 1. The van der Waals surface area contributed by atoms with Gasteiger partial charge < -0.3 is 57.2 Å². The number of unbranched alkanes of at least 4 members (excludes halogenated alkanes) is 24. The number of esters is 7. The smallest absolute Gasteiger partial charge is 0.481 e. The Morgan fingerprint density at radius 3 is 1.07 bits per heavy atom. The fourth-order valence-electron chi connectivity index (χ4n) is 25.2. The van der Waals surface area contributed by atoms with E-state index in [9.17, 15) is 57.5 Å². The second kappa shape index (κ2) is 64.0. The number of hydrogen-bond donors (Lipinski definition) is 1. The predicted octanol–water partition coefficient (Wildman–Crippen LogP) is 26.6. The highest BCUT2D eigenvalue weighted by Gasteiger charge is 2.63. The minimum absolute atomic E-state index is 0.0331. The Balaban J connectivity index is 0.000000430. The standard InChI is InChI=1S/C71H120O12.C23H35ClO4.C16H26O8/c1-7-9-11-13-15-17-19-21-23-25-27-29-31-33-35-40-65(73)78-53-60(54-79-66(74)41-36-34-32-30-28-26-24-22-20-18-16-14-12-10-8-2)82-67(75)42-38-37-39-56(3)51-68(76)80-55-81-69(77)83-59-47-49-70(5)58(52-59)43-44-61-63-46-45-62(57(4)72)71(63,6)50-48-64(61)70;1-14(25)18-6-7-19-17-5-4-15-12-16(28-21(26)27-13-24)8-10-22(15,2)20(17)9-11-23(18,19)3;1-11(8-15(19)20)6-4-5-7-16(21)24-14(9-22-12(2)17)10-23-13(3)18/h21-24,56,58-64H,7-20,25-55H2,1-6H3;15-20H,4-13H2,1-3H3;11,14H,4-10H2,1-3H3,(H,19,20)/b23-21-,24-22-;;/t56?,58-,59+,61-,62+,63-,64-,70-,71+;15-,16+,17-,18+,19-,20-,22-,23+;/m00./s1. The van der Waals surface area contributed by atoms with E-state index in [0.29, 0.717) is 91.0 Å². The van der Waals surface area contributed by atoms with Crippen LogP contribution in [-0.4, -0.2) is 140 Å². The summed E-state index contributed by atoms with van der Waals surface area (Å²) in [6, 6.07) is -0.155. The molecule has 8 aliphatic rings. The van der Waals surface area contributed by atoms with Crippen molar-refractivity contribution in [1.82, 2.24) is 0 Å². The maximum atomic E-state index is 13.1. The maximum Gasteiger partial charge on any atom is 0.511 e. The summed E-state index contributed by atoms with van der Waals surface area (Å²) in [4.78, 5) is 145. The fourth-order valence-corrected chi connectivity index (χ4v) is 25.3. The molecule has 0 bridgehead atoms. The van der Waals surface area contributed by atoms with Crippen molar-refractivity contribution >= 4 is 83.2 Å². The number of alkyl halides is 1. The molecule has 0 spiro atoms. The van der Waals surface area contributed by atoms with Crippen LogP contribution in [0.5, 0.6) is 0 Å². The minimum Gasteiger partial charge on any atom is -0.481 e. The Labute approximate surface area is 816 Å². The van der Waals surface area contributed by atoms with Gasteiger partial charge in [-0.25, -0.2) is 9.59 Å². The summed E-state index contributed by atoms with van der Waals surface area (Å²) < 4.78 is 58.1. The zero-order valence-electron chi connectivity index (χ0n) is 85.6. The molecule has 0 saturated heterocycles. The number of allylic oxidation sites excluding steroid dienone is 4. The van der Waals surface area contributed by atoms with Gasteiger partial charge in [-0.05, 0) is 287 Å².